The molecule has 3 aliphatic rings. The maximum absolute atomic E-state index is 13.1. The Kier molecular flexibility index (Phi) is 5.35. The van der Waals surface area contributed by atoms with Gasteiger partial charge in [-0.25, -0.2) is 4.68 Å². The minimum absolute atomic E-state index is 0.185. The zero-order valence-corrected chi connectivity index (χ0v) is 19.4. The number of hydrogen-bond acceptors (Lipinski definition) is 7. The summed E-state index contributed by atoms with van der Waals surface area (Å²) in [6, 6.07) is 4.62. The lowest BCUT2D eigenvalue weighted by molar-refractivity contribution is -0.136. The maximum Gasteiger partial charge on any atom is 0.273 e. The van der Waals surface area contributed by atoms with Crippen LogP contribution in [0.25, 0.3) is 5.69 Å². The van der Waals surface area contributed by atoms with E-state index in [9.17, 15) is 19.2 Å². The second kappa shape index (κ2) is 8.70. The molecule has 184 valence electrons. The second-order valence-electron chi connectivity index (χ2n) is 9.48. The van der Waals surface area contributed by atoms with E-state index >= 15 is 0 Å². The summed E-state index contributed by atoms with van der Waals surface area (Å²) in [6.45, 7) is 0.834. The lowest BCUT2D eigenvalue weighted by Crippen LogP contribution is -2.52. The molecule has 1 fully saturated rings. The van der Waals surface area contributed by atoms with Crippen LogP contribution in [0.4, 0.5) is 0 Å². The van der Waals surface area contributed by atoms with Gasteiger partial charge in [-0.2, -0.15) is 5.10 Å². The van der Waals surface area contributed by atoms with Crippen molar-refractivity contribution in [2.75, 3.05) is 6.54 Å². The van der Waals surface area contributed by atoms with Crippen LogP contribution in [0.3, 0.4) is 0 Å². The van der Waals surface area contributed by atoms with Gasteiger partial charge in [0.2, 0.25) is 11.8 Å². The summed E-state index contributed by atoms with van der Waals surface area (Å²) in [5.41, 5.74) is 4.40. The molecule has 0 spiro atoms. The molecule has 3 N–H and O–H groups in total. The fourth-order valence-electron chi connectivity index (χ4n) is 5.16. The number of benzene rings is 1. The molecule has 2 aliphatic heterocycles. The first kappa shape index (κ1) is 22.1. The molecular weight excluding hydrogens is 464 g/mol. The van der Waals surface area contributed by atoms with E-state index in [1.807, 2.05) is 12.3 Å². The van der Waals surface area contributed by atoms with Crippen molar-refractivity contribution < 1.29 is 19.2 Å². The van der Waals surface area contributed by atoms with Gasteiger partial charge in [-0.3, -0.25) is 29.6 Å². The van der Waals surface area contributed by atoms with Crippen molar-refractivity contribution in [1.29, 1.82) is 0 Å². The van der Waals surface area contributed by atoms with E-state index in [1.54, 1.807) is 12.1 Å². The average Bonchev–Trinajstić information content (AvgIpc) is 3.61. The quantitative estimate of drug-likeness (QED) is 0.436. The second-order valence-corrected chi connectivity index (χ2v) is 9.48. The molecule has 2 atom stereocenters. The van der Waals surface area contributed by atoms with E-state index in [4.69, 9.17) is 0 Å². The van der Waals surface area contributed by atoms with Gasteiger partial charge in [0.05, 0.1) is 18.1 Å². The van der Waals surface area contributed by atoms with Crippen molar-refractivity contribution >= 4 is 23.6 Å². The molecule has 0 saturated carbocycles. The molecule has 0 bridgehead atoms. The highest BCUT2D eigenvalue weighted by Gasteiger charge is 2.39. The van der Waals surface area contributed by atoms with Gasteiger partial charge in [-0.05, 0) is 54.9 Å². The first-order valence-electron chi connectivity index (χ1n) is 12.0. The third-order valence-corrected chi connectivity index (χ3v) is 7.18. The summed E-state index contributed by atoms with van der Waals surface area (Å²) in [4.78, 5) is 50.9. The predicted octanol–water partition coefficient (Wildman–Crippen LogP) is 0.286. The van der Waals surface area contributed by atoms with Crippen molar-refractivity contribution in [3.63, 3.8) is 0 Å². The number of nitrogens with zero attached hydrogens (tertiary/aromatic N) is 5. The zero-order valence-electron chi connectivity index (χ0n) is 19.4. The molecule has 1 aliphatic carbocycles. The number of rotatable bonds is 5. The number of aromatic nitrogens is 5. The number of aromatic amines is 1. The van der Waals surface area contributed by atoms with Crippen LogP contribution in [0, 0.1) is 5.92 Å². The highest BCUT2D eigenvalue weighted by atomic mass is 16.2. The first-order valence-corrected chi connectivity index (χ1v) is 12.0. The number of fused-ring (bicyclic) bond motifs is 2. The fourth-order valence-corrected chi connectivity index (χ4v) is 5.16. The number of imide groups is 1. The summed E-state index contributed by atoms with van der Waals surface area (Å²) in [7, 11) is 0. The monoisotopic (exact) mass is 488 g/mol. The Morgan fingerprint density at radius 2 is 2.03 bits per heavy atom. The third kappa shape index (κ3) is 3.93. The van der Waals surface area contributed by atoms with E-state index in [2.05, 4.69) is 31.1 Å². The topological polar surface area (TPSA) is 155 Å². The number of amides is 4. The molecule has 6 rings (SSSR count). The van der Waals surface area contributed by atoms with Gasteiger partial charge in [0, 0.05) is 30.8 Å². The van der Waals surface area contributed by atoms with Crippen molar-refractivity contribution in [2.24, 2.45) is 5.92 Å². The van der Waals surface area contributed by atoms with E-state index < -0.39 is 11.9 Å². The third-order valence-electron chi connectivity index (χ3n) is 7.18. The number of hydrogen-bond donors (Lipinski definition) is 3. The number of carbonyl (C=O) groups is 4. The molecule has 4 heterocycles. The highest BCUT2D eigenvalue weighted by Crippen LogP contribution is 2.29. The van der Waals surface area contributed by atoms with Crippen LogP contribution < -0.4 is 10.6 Å². The Hall–Kier alpha value is -4.35. The van der Waals surface area contributed by atoms with Gasteiger partial charge in [-0.15, -0.1) is 5.10 Å². The standard InChI is InChI=1S/C24H24N8O4/c33-21-6-5-20(23(35)27-21)31-11-15-3-4-16(8-17(15)24(31)36)32-12-19(29-30-32)22(34)25-9-13-1-2-14-10-26-28-18(14)7-13/h3-4,8,10,12-13,20H,1-2,5-7,9,11H2,(H,25,34)(H,26,28)(H,27,33,35). The zero-order chi connectivity index (χ0) is 24.8. The molecular formula is C24H24N8O4. The lowest BCUT2D eigenvalue weighted by Gasteiger charge is -2.29. The van der Waals surface area contributed by atoms with Crippen LogP contribution in [-0.4, -0.2) is 66.3 Å². The minimum atomic E-state index is -0.670. The molecule has 3 aromatic rings. The molecule has 12 heteroatoms. The highest BCUT2D eigenvalue weighted by molar-refractivity contribution is 6.05. The van der Waals surface area contributed by atoms with Gasteiger partial charge >= 0.3 is 0 Å². The van der Waals surface area contributed by atoms with Gasteiger partial charge < -0.3 is 10.2 Å². The lowest BCUT2D eigenvalue weighted by atomic mass is 9.88. The van der Waals surface area contributed by atoms with Crippen molar-refractivity contribution in [1.82, 2.24) is 40.7 Å². The number of piperidine rings is 1. The molecule has 1 aromatic carbocycles. The first-order chi connectivity index (χ1) is 17.5. The Balaban J connectivity index is 1.11. The largest absolute Gasteiger partial charge is 0.350 e. The van der Waals surface area contributed by atoms with Crippen LogP contribution in [0.2, 0.25) is 0 Å². The van der Waals surface area contributed by atoms with Gasteiger partial charge in [0.1, 0.15) is 6.04 Å². The smallest absolute Gasteiger partial charge is 0.273 e. The van der Waals surface area contributed by atoms with Gasteiger partial charge in [-0.1, -0.05) is 11.3 Å². The van der Waals surface area contributed by atoms with Gasteiger partial charge in [0.25, 0.3) is 11.8 Å². The van der Waals surface area contributed by atoms with E-state index in [1.165, 1.54) is 21.3 Å². The Bertz CT molecular complexity index is 1390. The summed E-state index contributed by atoms with van der Waals surface area (Å²) in [5.74, 6) is -1.02. The minimum Gasteiger partial charge on any atom is -0.350 e. The normalized spacial score (nSPS) is 21.2. The SMILES string of the molecule is O=C1CCC(N2Cc3ccc(-n4cc(C(=O)NCC5CCc6cn[nH]c6C5)nn4)cc3C2=O)C(=O)N1. The summed E-state index contributed by atoms with van der Waals surface area (Å²) in [6.07, 6.45) is 6.68. The van der Waals surface area contributed by atoms with Crippen molar-refractivity contribution in [3.8, 4) is 5.69 Å². The summed E-state index contributed by atoms with van der Waals surface area (Å²) < 4.78 is 1.45. The van der Waals surface area contributed by atoms with Crippen LogP contribution in [-0.2, 0) is 29.0 Å². The number of H-pyrrole nitrogens is 1. The van der Waals surface area contributed by atoms with Gasteiger partial charge in [0.15, 0.2) is 5.69 Å². The van der Waals surface area contributed by atoms with Crippen molar-refractivity contribution in [3.05, 3.63) is 58.7 Å². The summed E-state index contributed by atoms with van der Waals surface area (Å²) in [5, 5.41) is 20.4. The Morgan fingerprint density at radius 1 is 1.14 bits per heavy atom. The molecule has 2 aromatic heterocycles. The predicted molar refractivity (Wildman–Crippen MR) is 124 cm³/mol. The van der Waals surface area contributed by atoms with Crippen LogP contribution in [0.5, 0.6) is 0 Å². The Labute approximate surface area is 205 Å². The molecule has 12 nitrogen and oxygen atoms in total. The van der Waals surface area contributed by atoms with E-state index in [0.717, 1.165) is 30.5 Å². The summed E-state index contributed by atoms with van der Waals surface area (Å²) >= 11 is 0. The number of nitrogens with one attached hydrogen (secondary N) is 3. The fraction of sp³-hybridized carbons (Fsp3) is 0.375. The average molecular weight is 489 g/mol. The molecule has 36 heavy (non-hydrogen) atoms. The molecule has 0 radical (unpaired) electrons. The Morgan fingerprint density at radius 3 is 2.89 bits per heavy atom. The molecule has 2 unspecified atom stereocenters. The van der Waals surface area contributed by atoms with E-state index in [-0.39, 0.29) is 29.8 Å². The molecule has 1 saturated heterocycles. The maximum atomic E-state index is 13.1. The molecule has 4 amide bonds. The number of carbonyl (C=O) groups excluding carboxylic acids is 4. The van der Waals surface area contributed by atoms with Crippen molar-refractivity contribution in [2.45, 2.75) is 44.7 Å². The van der Waals surface area contributed by atoms with E-state index in [0.29, 0.717) is 36.7 Å². The number of aryl methyl sites for hydroxylation is 1. The van der Waals surface area contributed by atoms with Crippen LogP contribution in [0.1, 0.15) is 56.9 Å². The van der Waals surface area contributed by atoms with Crippen LogP contribution >= 0.6 is 0 Å². The van der Waals surface area contributed by atoms with Crippen LogP contribution in [0.15, 0.2) is 30.6 Å².